The molecule has 3 atom stereocenters. The SMILES string of the molecule is CC1CNc2c(oc3ccc4nc(Oc5cc(Cl)nc(CN6CC(C)NC(C)C6)n5)ccc4c23)C(=O)N1. The van der Waals surface area contributed by atoms with Gasteiger partial charge in [-0.25, -0.2) is 9.97 Å². The highest BCUT2D eigenvalue weighted by Crippen LogP contribution is 2.37. The number of nitrogens with one attached hydrogen (secondary N) is 3. The lowest BCUT2D eigenvalue weighted by molar-refractivity contribution is 0.0920. The number of hydrogen-bond donors (Lipinski definition) is 3. The summed E-state index contributed by atoms with van der Waals surface area (Å²) in [4.78, 5) is 28.6. The standard InChI is InChI=1S/C26H28ClN7O3/c1-13-9-28-24-23-16-4-7-21(31-17(16)5-6-18(23)36-25(24)26(35)30-13)37-22-8-19(27)32-20(33-22)12-34-10-14(2)29-15(3)11-34/h4-8,13-15,28-29H,9-12H2,1-3H3,(H,30,35). The number of carbonyl (C=O) groups excluding carboxylic acids is 1. The molecule has 0 spiro atoms. The summed E-state index contributed by atoms with van der Waals surface area (Å²) in [7, 11) is 0. The highest BCUT2D eigenvalue weighted by molar-refractivity contribution is 6.29. The van der Waals surface area contributed by atoms with E-state index in [9.17, 15) is 4.79 Å². The molecule has 0 saturated carbocycles. The van der Waals surface area contributed by atoms with Gasteiger partial charge in [-0.15, -0.1) is 0 Å². The smallest absolute Gasteiger partial charge is 0.289 e. The van der Waals surface area contributed by atoms with Crippen molar-refractivity contribution in [3.05, 3.63) is 47.1 Å². The van der Waals surface area contributed by atoms with Crippen molar-refractivity contribution < 1.29 is 13.9 Å². The molecular formula is C26H28ClN7O3. The molecule has 192 valence electrons. The van der Waals surface area contributed by atoms with Crippen LogP contribution in [0.4, 0.5) is 5.69 Å². The number of pyridine rings is 1. The van der Waals surface area contributed by atoms with Crippen molar-refractivity contribution in [3.63, 3.8) is 0 Å². The van der Waals surface area contributed by atoms with Crippen LogP contribution in [-0.4, -0.2) is 63.5 Å². The molecule has 1 fully saturated rings. The molecule has 2 aliphatic rings. The number of amides is 1. The van der Waals surface area contributed by atoms with Gasteiger partial charge >= 0.3 is 0 Å². The van der Waals surface area contributed by atoms with Crippen LogP contribution in [0.15, 0.2) is 34.7 Å². The number of piperazine rings is 1. The minimum absolute atomic E-state index is 0.0128. The number of hydrogen-bond acceptors (Lipinski definition) is 9. The number of carbonyl (C=O) groups is 1. The predicted molar refractivity (Wildman–Crippen MR) is 141 cm³/mol. The van der Waals surface area contributed by atoms with Crippen molar-refractivity contribution >= 4 is 45.1 Å². The van der Waals surface area contributed by atoms with Gasteiger partial charge in [-0.05, 0) is 39.0 Å². The Morgan fingerprint density at radius 3 is 2.68 bits per heavy atom. The van der Waals surface area contributed by atoms with E-state index in [1.807, 2.05) is 25.1 Å². The molecule has 4 aromatic rings. The van der Waals surface area contributed by atoms with E-state index >= 15 is 0 Å². The van der Waals surface area contributed by atoms with Crippen molar-refractivity contribution in [1.82, 2.24) is 30.5 Å². The van der Waals surface area contributed by atoms with Gasteiger partial charge in [0.15, 0.2) is 0 Å². The number of anilines is 1. The van der Waals surface area contributed by atoms with Gasteiger partial charge in [0.25, 0.3) is 5.91 Å². The van der Waals surface area contributed by atoms with Crippen molar-refractivity contribution in [2.75, 3.05) is 25.0 Å². The maximum absolute atomic E-state index is 12.6. The van der Waals surface area contributed by atoms with Crippen LogP contribution in [0.25, 0.3) is 21.9 Å². The molecule has 10 nitrogen and oxygen atoms in total. The fourth-order valence-corrected chi connectivity index (χ4v) is 5.40. The molecule has 1 amide bonds. The monoisotopic (exact) mass is 521 g/mol. The molecule has 0 bridgehead atoms. The Morgan fingerprint density at radius 2 is 1.86 bits per heavy atom. The van der Waals surface area contributed by atoms with E-state index in [1.54, 1.807) is 12.1 Å². The van der Waals surface area contributed by atoms with Crippen molar-refractivity contribution in [3.8, 4) is 11.8 Å². The number of rotatable bonds is 4. The van der Waals surface area contributed by atoms with E-state index in [4.69, 9.17) is 20.8 Å². The average molecular weight is 522 g/mol. The van der Waals surface area contributed by atoms with Crippen LogP contribution < -0.4 is 20.7 Å². The summed E-state index contributed by atoms with van der Waals surface area (Å²) >= 11 is 6.31. The summed E-state index contributed by atoms with van der Waals surface area (Å²) in [5.41, 5.74) is 2.01. The zero-order chi connectivity index (χ0) is 25.7. The van der Waals surface area contributed by atoms with E-state index in [0.29, 0.717) is 64.7 Å². The number of fused-ring (bicyclic) bond motifs is 5. The molecular weight excluding hydrogens is 494 g/mol. The first-order chi connectivity index (χ1) is 17.8. The lowest BCUT2D eigenvalue weighted by atomic mass is 10.1. The largest absolute Gasteiger partial charge is 0.449 e. The van der Waals surface area contributed by atoms with E-state index in [0.717, 1.165) is 23.9 Å². The third-order valence-corrected chi connectivity index (χ3v) is 6.78. The van der Waals surface area contributed by atoms with E-state index in [-0.39, 0.29) is 17.7 Å². The molecule has 3 aromatic heterocycles. The second-order valence-corrected chi connectivity index (χ2v) is 10.3. The van der Waals surface area contributed by atoms with Crippen LogP contribution in [-0.2, 0) is 6.54 Å². The predicted octanol–water partition coefficient (Wildman–Crippen LogP) is 3.94. The van der Waals surface area contributed by atoms with Crippen molar-refractivity contribution in [2.24, 2.45) is 0 Å². The van der Waals surface area contributed by atoms with Gasteiger partial charge in [0.05, 0.1) is 23.1 Å². The van der Waals surface area contributed by atoms with Gasteiger partial charge in [-0.1, -0.05) is 11.6 Å². The van der Waals surface area contributed by atoms with Gasteiger partial charge in [-0.3, -0.25) is 9.69 Å². The van der Waals surface area contributed by atoms with Gasteiger partial charge in [0, 0.05) is 55.3 Å². The Kier molecular flexibility index (Phi) is 6.10. The number of benzene rings is 1. The maximum Gasteiger partial charge on any atom is 0.289 e. The first kappa shape index (κ1) is 23.9. The molecule has 1 saturated heterocycles. The number of nitrogens with zero attached hydrogens (tertiary/aromatic N) is 4. The Balaban J connectivity index is 1.29. The quantitative estimate of drug-likeness (QED) is 0.343. The highest BCUT2D eigenvalue weighted by Gasteiger charge is 2.27. The van der Waals surface area contributed by atoms with Crippen molar-refractivity contribution in [2.45, 2.75) is 45.4 Å². The van der Waals surface area contributed by atoms with Gasteiger partial charge in [-0.2, -0.15) is 4.98 Å². The molecule has 5 heterocycles. The average Bonchev–Trinajstić information content (AvgIpc) is 3.14. The number of ether oxygens (including phenoxy) is 1. The van der Waals surface area contributed by atoms with E-state index < -0.39 is 0 Å². The first-order valence-corrected chi connectivity index (χ1v) is 12.8. The summed E-state index contributed by atoms with van der Waals surface area (Å²) in [6.45, 7) is 9.28. The maximum atomic E-state index is 12.6. The number of halogens is 1. The fourth-order valence-electron chi connectivity index (χ4n) is 5.21. The second-order valence-electron chi connectivity index (χ2n) is 9.93. The van der Waals surface area contributed by atoms with Crippen LogP contribution >= 0.6 is 11.6 Å². The minimum atomic E-state index is -0.231. The first-order valence-electron chi connectivity index (χ1n) is 12.4. The molecule has 2 aliphatic heterocycles. The Hall–Kier alpha value is -3.47. The van der Waals surface area contributed by atoms with Crippen LogP contribution in [0.1, 0.15) is 37.2 Å². The molecule has 37 heavy (non-hydrogen) atoms. The second kappa shape index (κ2) is 9.44. The lowest BCUT2D eigenvalue weighted by Crippen LogP contribution is -2.53. The molecule has 6 rings (SSSR count). The van der Waals surface area contributed by atoms with E-state index in [1.165, 1.54) is 0 Å². The highest BCUT2D eigenvalue weighted by atomic mass is 35.5. The number of furan rings is 1. The normalized spacial score (nSPS) is 22.4. The molecule has 11 heteroatoms. The molecule has 0 radical (unpaired) electrons. The van der Waals surface area contributed by atoms with E-state index in [2.05, 4.69) is 49.6 Å². The van der Waals surface area contributed by atoms with Crippen LogP contribution in [0.5, 0.6) is 11.8 Å². The van der Waals surface area contributed by atoms with Crippen molar-refractivity contribution in [1.29, 1.82) is 0 Å². The Labute approximate surface area is 218 Å². The zero-order valence-corrected chi connectivity index (χ0v) is 21.6. The van der Waals surface area contributed by atoms with Gasteiger partial charge in [0.1, 0.15) is 16.6 Å². The van der Waals surface area contributed by atoms with Crippen LogP contribution in [0.2, 0.25) is 5.15 Å². The Morgan fingerprint density at radius 1 is 1.05 bits per heavy atom. The Bertz CT molecular complexity index is 1500. The molecule has 1 aromatic carbocycles. The topological polar surface area (TPSA) is 117 Å². The summed E-state index contributed by atoms with van der Waals surface area (Å²) in [6.07, 6.45) is 0. The van der Waals surface area contributed by atoms with Crippen LogP contribution in [0, 0.1) is 0 Å². The van der Waals surface area contributed by atoms with Gasteiger partial charge in [0.2, 0.25) is 17.5 Å². The third kappa shape index (κ3) is 4.79. The summed E-state index contributed by atoms with van der Waals surface area (Å²) in [5.74, 6) is 1.37. The minimum Gasteiger partial charge on any atom is -0.449 e. The lowest BCUT2D eigenvalue weighted by Gasteiger charge is -2.35. The third-order valence-electron chi connectivity index (χ3n) is 6.59. The molecule has 0 aliphatic carbocycles. The molecule has 3 N–H and O–H groups in total. The number of aromatic nitrogens is 3. The molecule has 3 unspecified atom stereocenters. The summed E-state index contributed by atoms with van der Waals surface area (Å²) in [5, 5.41) is 11.8. The van der Waals surface area contributed by atoms with Gasteiger partial charge < -0.3 is 25.1 Å². The van der Waals surface area contributed by atoms with Crippen LogP contribution in [0.3, 0.4) is 0 Å². The zero-order valence-electron chi connectivity index (χ0n) is 20.8. The summed E-state index contributed by atoms with van der Waals surface area (Å²) < 4.78 is 11.9. The summed E-state index contributed by atoms with van der Waals surface area (Å²) in [6, 6.07) is 9.71. The fraction of sp³-hybridized carbons (Fsp3) is 0.385.